The average Bonchev–Trinajstić information content (AvgIpc) is 3.00. The number of rotatable bonds is 3. The first-order valence-corrected chi connectivity index (χ1v) is 8.94. The third kappa shape index (κ3) is 2.83. The fourth-order valence-electron chi connectivity index (χ4n) is 3.17. The lowest BCUT2D eigenvalue weighted by Gasteiger charge is -2.22. The maximum atomic E-state index is 12.5. The lowest BCUT2D eigenvalue weighted by atomic mass is 10.0. The van der Waals surface area contributed by atoms with E-state index >= 15 is 0 Å². The Kier molecular flexibility index (Phi) is 4.08. The van der Waals surface area contributed by atoms with Gasteiger partial charge in [-0.1, -0.05) is 29.5 Å². The molecule has 3 aromatic rings. The number of hydrogen-bond donors (Lipinski definition) is 2. The second-order valence-electron chi connectivity index (χ2n) is 6.12. The molecule has 0 atom stereocenters. The smallest absolute Gasteiger partial charge is 0.261 e. The van der Waals surface area contributed by atoms with E-state index in [0.29, 0.717) is 22.9 Å². The summed E-state index contributed by atoms with van der Waals surface area (Å²) in [5, 5.41) is 4.75. The monoisotopic (exact) mass is 342 g/mol. The van der Waals surface area contributed by atoms with Gasteiger partial charge in [0.1, 0.15) is 5.52 Å². The highest BCUT2D eigenvalue weighted by Crippen LogP contribution is 2.25. The number of amides is 1. The number of fused-ring (bicyclic) bond motifs is 3. The molecule has 2 aromatic heterocycles. The van der Waals surface area contributed by atoms with Crippen molar-refractivity contribution in [1.82, 2.24) is 10.3 Å². The normalized spacial score (nSPS) is 15.8. The molecule has 0 spiro atoms. The summed E-state index contributed by atoms with van der Waals surface area (Å²) in [5.41, 5.74) is 1.48. The van der Waals surface area contributed by atoms with Gasteiger partial charge < -0.3 is 15.0 Å². The van der Waals surface area contributed by atoms with Gasteiger partial charge in [0, 0.05) is 36.0 Å². The fourth-order valence-corrected chi connectivity index (χ4v) is 3.98. The molecule has 6 heteroatoms. The Morgan fingerprint density at radius 3 is 2.88 bits per heavy atom. The minimum atomic E-state index is -0.171. The molecule has 0 aliphatic carbocycles. The zero-order valence-electron chi connectivity index (χ0n) is 13.1. The number of aromatic nitrogens is 1. The number of ether oxygens (including phenoxy) is 1. The van der Waals surface area contributed by atoms with Crippen molar-refractivity contribution in [2.24, 2.45) is 5.92 Å². The largest absolute Gasteiger partial charge is 0.381 e. The van der Waals surface area contributed by atoms with Crippen LogP contribution in [-0.4, -0.2) is 30.6 Å². The quantitative estimate of drug-likeness (QED) is 0.769. The third-order valence-electron chi connectivity index (χ3n) is 4.54. The highest BCUT2D eigenvalue weighted by molar-refractivity contribution is 7.12. The average molecular weight is 342 g/mol. The number of benzene rings is 1. The zero-order chi connectivity index (χ0) is 16.5. The maximum Gasteiger partial charge on any atom is 0.261 e. The highest BCUT2D eigenvalue weighted by atomic mass is 32.1. The van der Waals surface area contributed by atoms with Crippen molar-refractivity contribution in [1.29, 1.82) is 0 Å². The molecule has 2 N–H and O–H groups in total. The second kappa shape index (κ2) is 6.37. The molecule has 1 fully saturated rings. The van der Waals surface area contributed by atoms with Gasteiger partial charge in [-0.25, -0.2) is 0 Å². The molecule has 1 aliphatic rings. The molecule has 24 heavy (non-hydrogen) atoms. The minimum absolute atomic E-state index is 0.111. The molecule has 5 nitrogen and oxygen atoms in total. The Balaban J connectivity index is 1.62. The summed E-state index contributed by atoms with van der Waals surface area (Å²) in [5.74, 6) is 0.284. The fraction of sp³-hybridized carbons (Fsp3) is 0.333. The van der Waals surface area contributed by atoms with Crippen LogP contribution in [0.25, 0.3) is 21.8 Å². The zero-order valence-corrected chi connectivity index (χ0v) is 13.9. The molecule has 124 valence electrons. The molecule has 1 amide bonds. The van der Waals surface area contributed by atoms with Gasteiger partial charge in [-0.3, -0.25) is 9.59 Å². The SMILES string of the molecule is O=C(NCC1CCOCC1)c1cc2c([nH]c3ccccc32)c(=O)s1. The Bertz CT molecular complexity index is 954. The molecule has 4 rings (SSSR count). The third-order valence-corrected chi connectivity index (χ3v) is 5.46. The lowest BCUT2D eigenvalue weighted by Crippen LogP contribution is -2.32. The number of carbonyl (C=O) groups excluding carboxylic acids is 1. The molecule has 0 bridgehead atoms. The van der Waals surface area contributed by atoms with Crippen molar-refractivity contribution in [3.63, 3.8) is 0 Å². The van der Waals surface area contributed by atoms with E-state index in [0.717, 1.165) is 53.7 Å². The first kappa shape index (κ1) is 15.4. The maximum absolute atomic E-state index is 12.5. The van der Waals surface area contributed by atoms with Gasteiger partial charge in [0.05, 0.1) is 4.88 Å². The van der Waals surface area contributed by atoms with Gasteiger partial charge in [-0.15, -0.1) is 0 Å². The molecule has 1 aromatic carbocycles. The Labute approximate surface area is 142 Å². The highest BCUT2D eigenvalue weighted by Gasteiger charge is 2.17. The number of aromatic amines is 1. The molecule has 0 radical (unpaired) electrons. The molecular formula is C18H18N2O3S. The second-order valence-corrected chi connectivity index (χ2v) is 7.14. The van der Waals surface area contributed by atoms with Crippen molar-refractivity contribution < 1.29 is 9.53 Å². The summed E-state index contributed by atoms with van der Waals surface area (Å²) in [6, 6.07) is 9.57. The van der Waals surface area contributed by atoms with Gasteiger partial charge in [-0.05, 0) is 30.9 Å². The van der Waals surface area contributed by atoms with Gasteiger partial charge >= 0.3 is 0 Å². The topological polar surface area (TPSA) is 71.2 Å². The molecule has 0 unspecified atom stereocenters. The van der Waals surface area contributed by atoms with E-state index in [1.54, 1.807) is 0 Å². The van der Waals surface area contributed by atoms with E-state index in [4.69, 9.17) is 4.74 Å². The van der Waals surface area contributed by atoms with Crippen LogP contribution in [0.2, 0.25) is 0 Å². The van der Waals surface area contributed by atoms with Crippen LogP contribution >= 0.6 is 11.3 Å². The molecule has 3 heterocycles. The van der Waals surface area contributed by atoms with Gasteiger partial charge in [0.25, 0.3) is 10.6 Å². The Hall–Kier alpha value is -2.18. The van der Waals surface area contributed by atoms with Gasteiger partial charge in [-0.2, -0.15) is 0 Å². The van der Waals surface area contributed by atoms with Crippen molar-refractivity contribution in [2.45, 2.75) is 12.8 Å². The van der Waals surface area contributed by atoms with Crippen LogP contribution in [0.1, 0.15) is 22.5 Å². The van der Waals surface area contributed by atoms with Crippen LogP contribution in [0.4, 0.5) is 0 Å². The number of hydrogen-bond acceptors (Lipinski definition) is 4. The van der Waals surface area contributed by atoms with Crippen molar-refractivity contribution in [3.8, 4) is 0 Å². The minimum Gasteiger partial charge on any atom is -0.381 e. The van der Waals surface area contributed by atoms with E-state index in [1.807, 2.05) is 30.3 Å². The van der Waals surface area contributed by atoms with E-state index in [1.165, 1.54) is 0 Å². The summed E-state index contributed by atoms with van der Waals surface area (Å²) >= 11 is 0.993. The molecular weight excluding hydrogens is 324 g/mol. The van der Waals surface area contributed by atoms with Crippen LogP contribution in [0.3, 0.4) is 0 Å². The standard InChI is InChI=1S/C18H18N2O3S/c21-17(19-10-11-5-7-23-8-6-11)15-9-13-12-3-1-2-4-14(12)20-16(13)18(22)24-15/h1-4,9,11,20H,5-8,10H2,(H,19,21). The first-order valence-electron chi connectivity index (χ1n) is 8.13. The van der Waals surface area contributed by atoms with Gasteiger partial charge in [0.2, 0.25) is 0 Å². The van der Waals surface area contributed by atoms with E-state index in [2.05, 4.69) is 10.3 Å². The van der Waals surface area contributed by atoms with E-state index in [-0.39, 0.29) is 10.6 Å². The summed E-state index contributed by atoms with van der Waals surface area (Å²) in [7, 11) is 0. The van der Waals surface area contributed by atoms with Crippen molar-refractivity contribution >= 4 is 39.0 Å². The Morgan fingerprint density at radius 2 is 2.04 bits per heavy atom. The summed E-state index contributed by atoms with van der Waals surface area (Å²) in [6.45, 7) is 2.15. The number of para-hydroxylation sites is 1. The van der Waals surface area contributed by atoms with Crippen LogP contribution in [0, 0.1) is 5.92 Å². The van der Waals surface area contributed by atoms with Crippen molar-refractivity contribution in [3.05, 3.63) is 44.7 Å². The number of carbonyl (C=O) groups is 1. The summed E-state index contributed by atoms with van der Waals surface area (Å²) in [6.07, 6.45) is 1.94. The van der Waals surface area contributed by atoms with E-state index in [9.17, 15) is 9.59 Å². The van der Waals surface area contributed by atoms with Crippen LogP contribution in [0.15, 0.2) is 35.1 Å². The Morgan fingerprint density at radius 1 is 1.25 bits per heavy atom. The lowest BCUT2D eigenvalue weighted by molar-refractivity contribution is 0.0643. The number of H-pyrrole nitrogens is 1. The van der Waals surface area contributed by atoms with Crippen molar-refractivity contribution in [2.75, 3.05) is 19.8 Å². The summed E-state index contributed by atoms with van der Waals surface area (Å²) in [4.78, 5) is 28.4. The summed E-state index contributed by atoms with van der Waals surface area (Å²) < 4.78 is 5.22. The van der Waals surface area contributed by atoms with Crippen LogP contribution in [0.5, 0.6) is 0 Å². The predicted molar refractivity (Wildman–Crippen MR) is 95.8 cm³/mol. The molecule has 0 saturated carbocycles. The molecule has 1 aliphatic heterocycles. The number of nitrogens with one attached hydrogen (secondary N) is 2. The van der Waals surface area contributed by atoms with Gasteiger partial charge in [0.15, 0.2) is 0 Å². The molecule has 1 saturated heterocycles. The van der Waals surface area contributed by atoms with E-state index < -0.39 is 0 Å². The first-order chi connectivity index (χ1) is 11.7. The van der Waals surface area contributed by atoms with Crippen LogP contribution < -0.4 is 10.1 Å². The predicted octanol–water partition coefficient (Wildman–Crippen LogP) is 2.90. The van der Waals surface area contributed by atoms with Crippen LogP contribution in [-0.2, 0) is 4.74 Å².